The number of nitrogens with one attached hydrogen (secondary N) is 2. The quantitative estimate of drug-likeness (QED) is 0.765. The average molecular weight is 218 g/mol. The molecule has 0 amide bonds. The van der Waals surface area contributed by atoms with Crippen LogP contribution in [-0.4, -0.2) is 18.6 Å². The van der Waals surface area contributed by atoms with Gasteiger partial charge in [-0.15, -0.1) is 0 Å². The Balaban J connectivity index is 1.67. The first-order chi connectivity index (χ1) is 7.74. The van der Waals surface area contributed by atoms with Gasteiger partial charge in [0, 0.05) is 25.2 Å². The van der Waals surface area contributed by atoms with Crippen molar-refractivity contribution >= 4 is 0 Å². The lowest BCUT2D eigenvalue weighted by atomic mass is 10.1. The summed E-state index contributed by atoms with van der Waals surface area (Å²) in [5, 5.41) is 7.08. The first kappa shape index (κ1) is 11.6. The van der Waals surface area contributed by atoms with Crippen molar-refractivity contribution < 1.29 is 0 Å². The molecule has 0 radical (unpaired) electrons. The van der Waals surface area contributed by atoms with Crippen LogP contribution in [0.3, 0.4) is 0 Å². The maximum Gasteiger partial charge on any atom is 0.0208 e. The molecule has 0 aromatic heterocycles. The summed E-state index contributed by atoms with van der Waals surface area (Å²) >= 11 is 0. The summed E-state index contributed by atoms with van der Waals surface area (Å²) in [6, 6.07) is 10.1. The first-order valence-corrected chi connectivity index (χ1v) is 6.26. The summed E-state index contributed by atoms with van der Waals surface area (Å²) in [6.45, 7) is 6.41. The summed E-state index contributed by atoms with van der Waals surface area (Å²) < 4.78 is 0. The zero-order valence-electron chi connectivity index (χ0n) is 10.3. The van der Waals surface area contributed by atoms with E-state index in [1.54, 1.807) is 0 Å². The van der Waals surface area contributed by atoms with E-state index in [9.17, 15) is 0 Å². The van der Waals surface area contributed by atoms with Gasteiger partial charge >= 0.3 is 0 Å². The highest BCUT2D eigenvalue weighted by Gasteiger charge is 2.20. The third-order valence-electron chi connectivity index (χ3n) is 3.07. The first-order valence-electron chi connectivity index (χ1n) is 6.26. The fourth-order valence-corrected chi connectivity index (χ4v) is 1.70. The van der Waals surface area contributed by atoms with Gasteiger partial charge in [-0.2, -0.15) is 0 Å². The number of hydrogen-bond acceptors (Lipinski definition) is 2. The maximum atomic E-state index is 3.54. The van der Waals surface area contributed by atoms with E-state index in [4.69, 9.17) is 0 Å². The topological polar surface area (TPSA) is 24.1 Å². The molecule has 1 aliphatic rings. The van der Waals surface area contributed by atoms with Gasteiger partial charge in [-0.25, -0.2) is 0 Å². The predicted molar refractivity (Wildman–Crippen MR) is 68.5 cm³/mol. The molecular weight excluding hydrogens is 196 g/mol. The number of benzene rings is 1. The van der Waals surface area contributed by atoms with Crippen molar-refractivity contribution in [3.05, 3.63) is 35.4 Å². The Morgan fingerprint density at radius 3 is 2.56 bits per heavy atom. The summed E-state index contributed by atoms with van der Waals surface area (Å²) in [4.78, 5) is 0. The fraction of sp³-hybridized carbons (Fsp3) is 0.571. The Kier molecular flexibility index (Phi) is 3.97. The lowest BCUT2D eigenvalue weighted by Crippen LogP contribution is -2.36. The Morgan fingerprint density at radius 1 is 1.25 bits per heavy atom. The van der Waals surface area contributed by atoms with Crippen molar-refractivity contribution in [1.82, 2.24) is 10.6 Å². The van der Waals surface area contributed by atoms with Crippen LogP contribution in [0.1, 0.15) is 30.9 Å². The summed E-state index contributed by atoms with van der Waals surface area (Å²) in [5.74, 6) is 0. The van der Waals surface area contributed by atoms with Crippen LogP contribution in [0.2, 0.25) is 0 Å². The van der Waals surface area contributed by atoms with Gasteiger partial charge in [0.2, 0.25) is 0 Å². The molecule has 0 spiro atoms. The Hall–Kier alpha value is -0.860. The second-order valence-electron chi connectivity index (χ2n) is 4.95. The van der Waals surface area contributed by atoms with E-state index in [2.05, 4.69) is 48.7 Å². The minimum Gasteiger partial charge on any atom is -0.312 e. The Morgan fingerprint density at radius 2 is 1.94 bits per heavy atom. The molecule has 1 atom stereocenters. The smallest absolute Gasteiger partial charge is 0.0208 e. The van der Waals surface area contributed by atoms with Gasteiger partial charge in [0.1, 0.15) is 0 Å². The highest BCUT2D eigenvalue weighted by Crippen LogP contribution is 2.18. The molecular formula is C14H22N2. The van der Waals surface area contributed by atoms with Crippen LogP contribution in [0.25, 0.3) is 0 Å². The lowest BCUT2D eigenvalue weighted by Gasteiger charge is -2.14. The van der Waals surface area contributed by atoms with Crippen LogP contribution in [0, 0.1) is 6.92 Å². The summed E-state index contributed by atoms with van der Waals surface area (Å²) in [6.07, 6.45) is 2.73. The van der Waals surface area contributed by atoms with Gasteiger partial charge in [0.05, 0.1) is 0 Å². The summed E-state index contributed by atoms with van der Waals surface area (Å²) in [7, 11) is 0. The number of hydrogen-bond donors (Lipinski definition) is 2. The third-order valence-corrected chi connectivity index (χ3v) is 3.07. The SMILES string of the molecule is Cc1ccc(CNC(C)CNC2CC2)cc1. The Labute approximate surface area is 98.4 Å². The number of rotatable bonds is 6. The van der Waals surface area contributed by atoms with Gasteiger partial charge in [-0.1, -0.05) is 29.8 Å². The molecule has 2 rings (SSSR count). The van der Waals surface area contributed by atoms with Crippen LogP contribution in [-0.2, 0) is 6.54 Å². The second-order valence-corrected chi connectivity index (χ2v) is 4.95. The fourth-order valence-electron chi connectivity index (χ4n) is 1.70. The monoisotopic (exact) mass is 218 g/mol. The van der Waals surface area contributed by atoms with Crippen LogP contribution in [0.4, 0.5) is 0 Å². The van der Waals surface area contributed by atoms with E-state index in [0.29, 0.717) is 6.04 Å². The zero-order chi connectivity index (χ0) is 11.4. The molecule has 88 valence electrons. The van der Waals surface area contributed by atoms with Crippen LogP contribution in [0.15, 0.2) is 24.3 Å². The zero-order valence-corrected chi connectivity index (χ0v) is 10.3. The molecule has 0 heterocycles. The van der Waals surface area contributed by atoms with Gasteiger partial charge in [-0.05, 0) is 32.3 Å². The van der Waals surface area contributed by atoms with E-state index in [1.165, 1.54) is 24.0 Å². The lowest BCUT2D eigenvalue weighted by molar-refractivity contribution is 0.500. The van der Waals surface area contributed by atoms with E-state index < -0.39 is 0 Å². The van der Waals surface area contributed by atoms with E-state index in [0.717, 1.165) is 19.1 Å². The van der Waals surface area contributed by atoms with E-state index >= 15 is 0 Å². The minimum absolute atomic E-state index is 0.543. The molecule has 16 heavy (non-hydrogen) atoms. The van der Waals surface area contributed by atoms with E-state index in [-0.39, 0.29) is 0 Å². The van der Waals surface area contributed by atoms with Gasteiger partial charge in [0.25, 0.3) is 0 Å². The van der Waals surface area contributed by atoms with Gasteiger partial charge < -0.3 is 10.6 Å². The van der Waals surface area contributed by atoms with Gasteiger partial charge in [-0.3, -0.25) is 0 Å². The maximum absolute atomic E-state index is 3.54. The molecule has 0 aliphatic heterocycles. The van der Waals surface area contributed by atoms with Crippen LogP contribution in [0.5, 0.6) is 0 Å². The number of aryl methyl sites for hydroxylation is 1. The molecule has 1 aromatic carbocycles. The molecule has 2 heteroatoms. The minimum atomic E-state index is 0.543. The average Bonchev–Trinajstić information content (AvgIpc) is 3.09. The molecule has 2 nitrogen and oxygen atoms in total. The van der Waals surface area contributed by atoms with Gasteiger partial charge in [0.15, 0.2) is 0 Å². The molecule has 0 saturated heterocycles. The highest BCUT2D eigenvalue weighted by atomic mass is 15.0. The molecule has 1 aromatic rings. The molecule has 1 fully saturated rings. The van der Waals surface area contributed by atoms with Crippen molar-refractivity contribution in [2.75, 3.05) is 6.54 Å². The normalized spacial score (nSPS) is 17.4. The predicted octanol–water partition coefficient (Wildman–Crippen LogP) is 2.23. The van der Waals surface area contributed by atoms with Crippen molar-refractivity contribution in [2.24, 2.45) is 0 Å². The molecule has 0 bridgehead atoms. The molecule has 1 saturated carbocycles. The standard InChI is InChI=1S/C14H22N2/c1-11-3-5-13(6-4-11)10-15-12(2)9-16-14-7-8-14/h3-6,12,14-16H,7-10H2,1-2H3. The second kappa shape index (κ2) is 5.46. The largest absolute Gasteiger partial charge is 0.312 e. The summed E-state index contributed by atoms with van der Waals surface area (Å²) in [5.41, 5.74) is 2.69. The highest BCUT2D eigenvalue weighted by molar-refractivity contribution is 5.21. The van der Waals surface area contributed by atoms with Crippen molar-refractivity contribution in [3.63, 3.8) is 0 Å². The van der Waals surface area contributed by atoms with Crippen molar-refractivity contribution in [2.45, 2.75) is 45.3 Å². The molecule has 2 N–H and O–H groups in total. The van der Waals surface area contributed by atoms with E-state index in [1.807, 2.05) is 0 Å². The third kappa shape index (κ3) is 3.95. The molecule has 1 unspecified atom stereocenters. The molecule has 1 aliphatic carbocycles. The van der Waals surface area contributed by atoms with Crippen molar-refractivity contribution in [3.8, 4) is 0 Å². The van der Waals surface area contributed by atoms with Crippen LogP contribution < -0.4 is 10.6 Å². The van der Waals surface area contributed by atoms with Crippen molar-refractivity contribution in [1.29, 1.82) is 0 Å². The van der Waals surface area contributed by atoms with Crippen LogP contribution >= 0.6 is 0 Å². The Bertz CT molecular complexity index is 314.